The maximum atomic E-state index is 12.2. The van der Waals surface area contributed by atoms with E-state index in [1.54, 1.807) is 32.4 Å². The molecule has 0 spiro atoms. The molecule has 0 saturated carbocycles. The SMILES string of the molecule is COc1ccc(CN(C)CC(=O)Nc2cc(Cl)ccc2Cl)cc1OC. The number of anilines is 1. The molecule has 0 aromatic heterocycles. The number of ether oxygens (including phenoxy) is 2. The molecule has 7 heteroatoms. The number of hydrogen-bond donors (Lipinski definition) is 1. The lowest BCUT2D eigenvalue weighted by Crippen LogP contribution is -2.29. The maximum absolute atomic E-state index is 12.2. The Kier molecular flexibility index (Phi) is 6.93. The summed E-state index contributed by atoms with van der Waals surface area (Å²) >= 11 is 12.0. The van der Waals surface area contributed by atoms with Crippen LogP contribution >= 0.6 is 23.2 Å². The first-order chi connectivity index (χ1) is 11.9. The van der Waals surface area contributed by atoms with Crippen molar-refractivity contribution in [3.8, 4) is 11.5 Å². The van der Waals surface area contributed by atoms with E-state index in [0.29, 0.717) is 33.8 Å². The molecule has 0 aliphatic heterocycles. The number of carbonyl (C=O) groups is 1. The quantitative estimate of drug-likeness (QED) is 0.783. The van der Waals surface area contributed by atoms with Crippen molar-refractivity contribution in [1.29, 1.82) is 0 Å². The molecule has 1 N–H and O–H groups in total. The summed E-state index contributed by atoms with van der Waals surface area (Å²) in [6, 6.07) is 10.6. The number of halogens is 2. The van der Waals surface area contributed by atoms with E-state index in [1.165, 1.54) is 0 Å². The molecule has 1 amide bonds. The summed E-state index contributed by atoms with van der Waals surface area (Å²) in [7, 11) is 5.04. The fourth-order valence-electron chi connectivity index (χ4n) is 2.37. The van der Waals surface area contributed by atoms with E-state index >= 15 is 0 Å². The van der Waals surface area contributed by atoms with Crippen molar-refractivity contribution in [2.24, 2.45) is 0 Å². The third-order valence-corrected chi connectivity index (χ3v) is 4.08. The minimum Gasteiger partial charge on any atom is -0.493 e. The minimum absolute atomic E-state index is 0.174. The van der Waals surface area contributed by atoms with Gasteiger partial charge in [0.1, 0.15) is 0 Å². The van der Waals surface area contributed by atoms with Crippen LogP contribution in [-0.2, 0) is 11.3 Å². The molecule has 0 atom stereocenters. The zero-order chi connectivity index (χ0) is 18.4. The number of methoxy groups -OCH3 is 2. The summed E-state index contributed by atoms with van der Waals surface area (Å²) in [5, 5.41) is 3.72. The highest BCUT2D eigenvalue weighted by atomic mass is 35.5. The van der Waals surface area contributed by atoms with Gasteiger partial charge in [-0.3, -0.25) is 9.69 Å². The molecule has 2 aromatic carbocycles. The summed E-state index contributed by atoms with van der Waals surface area (Å²) in [5.41, 5.74) is 1.51. The van der Waals surface area contributed by atoms with Crippen LogP contribution in [0.25, 0.3) is 0 Å². The molecule has 0 aliphatic carbocycles. The van der Waals surface area contributed by atoms with Crippen LogP contribution in [0.5, 0.6) is 11.5 Å². The van der Waals surface area contributed by atoms with Crippen LogP contribution in [0.4, 0.5) is 5.69 Å². The third-order valence-electron chi connectivity index (χ3n) is 3.52. The smallest absolute Gasteiger partial charge is 0.238 e. The summed E-state index contributed by atoms with van der Waals surface area (Å²) < 4.78 is 10.5. The first-order valence-electron chi connectivity index (χ1n) is 7.57. The minimum atomic E-state index is -0.174. The Hall–Kier alpha value is -1.95. The Morgan fingerprint density at radius 1 is 1.08 bits per heavy atom. The highest BCUT2D eigenvalue weighted by Gasteiger charge is 2.11. The van der Waals surface area contributed by atoms with Crippen LogP contribution in [0.3, 0.4) is 0 Å². The van der Waals surface area contributed by atoms with Crippen LogP contribution in [-0.4, -0.2) is 38.6 Å². The van der Waals surface area contributed by atoms with Crippen molar-refractivity contribution in [1.82, 2.24) is 4.90 Å². The molecule has 25 heavy (non-hydrogen) atoms. The fourth-order valence-corrected chi connectivity index (χ4v) is 2.71. The summed E-state index contributed by atoms with van der Waals surface area (Å²) in [4.78, 5) is 14.1. The van der Waals surface area contributed by atoms with Crippen molar-refractivity contribution < 1.29 is 14.3 Å². The number of carbonyl (C=O) groups excluding carboxylic acids is 1. The molecular weight excluding hydrogens is 363 g/mol. The van der Waals surface area contributed by atoms with Gasteiger partial charge in [0.2, 0.25) is 5.91 Å². The van der Waals surface area contributed by atoms with Crippen molar-refractivity contribution in [3.05, 3.63) is 52.0 Å². The van der Waals surface area contributed by atoms with Gasteiger partial charge in [0.05, 0.1) is 31.5 Å². The molecule has 0 fully saturated rings. The number of hydrogen-bond acceptors (Lipinski definition) is 4. The average molecular weight is 383 g/mol. The van der Waals surface area contributed by atoms with Gasteiger partial charge in [-0.05, 0) is 42.9 Å². The van der Waals surface area contributed by atoms with Gasteiger partial charge in [0, 0.05) is 11.6 Å². The van der Waals surface area contributed by atoms with Crippen LogP contribution in [0.2, 0.25) is 10.0 Å². The number of nitrogens with zero attached hydrogens (tertiary/aromatic N) is 1. The lowest BCUT2D eigenvalue weighted by molar-refractivity contribution is -0.117. The number of rotatable bonds is 7. The Morgan fingerprint density at radius 2 is 1.80 bits per heavy atom. The summed E-state index contributed by atoms with van der Waals surface area (Å²) in [6.07, 6.45) is 0. The molecule has 0 saturated heterocycles. The van der Waals surface area contributed by atoms with Crippen molar-refractivity contribution in [2.45, 2.75) is 6.54 Å². The van der Waals surface area contributed by atoms with E-state index in [1.807, 2.05) is 30.1 Å². The highest BCUT2D eigenvalue weighted by Crippen LogP contribution is 2.28. The molecular formula is C18H20Cl2N2O3. The summed E-state index contributed by atoms with van der Waals surface area (Å²) in [6.45, 7) is 0.786. The van der Waals surface area contributed by atoms with Crippen LogP contribution in [0.15, 0.2) is 36.4 Å². The largest absolute Gasteiger partial charge is 0.493 e. The Bertz CT molecular complexity index is 753. The van der Waals surface area contributed by atoms with Gasteiger partial charge in [-0.1, -0.05) is 29.3 Å². The average Bonchev–Trinajstić information content (AvgIpc) is 2.57. The number of nitrogens with one attached hydrogen (secondary N) is 1. The molecule has 134 valence electrons. The lowest BCUT2D eigenvalue weighted by atomic mass is 10.2. The van der Waals surface area contributed by atoms with Crippen LogP contribution in [0.1, 0.15) is 5.56 Å². The Balaban J connectivity index is 1.96. The molecule has 0 unspecified atom stereocenters. The van der Waals surface area contributed by atoms with E-state index < -0.39 is 0 Å². The van der Waals surface area contributed by atoms with Gasteiger partial charge in [-0.2, -0.15) is 0 Å². The second kappa shape index (κ2) is 8.94. The Morgan fingerprint density at radius 3 is 2.48 bits per heavy atom. The molecule has 0 bridgehead atoms. The van der Waals surface area contributed by atoms with E-state index in [-0.39, 0.29) is 12.5 Å². The monoisotopic (exact) mass is 382 g/mol. The second-order valence-electron chi connectivity index (χ2n) is 5.53. The first kappa shape index (κ1) is 19.4. The lowest BCUT2D eigenvalue weighted by Gasteiger charge is -2.18. The molecule has 2 rings (SSSR count). The summed E-state index contributed by atoms with van der Waals surface area (Å²) in [5.74, 6) is 1.15. The molecule has 0 heterocycles. The van der Waals surface area contributed by atoms with E-state index in [0.717, 1.165) is 5.56 Å². The van der Waals surface area contributed by atoms with E-state index in [9.17, 15) is 4.79 Å². The number of likely N-dealkylation sites (N-methyl/N-ethyl adjacent to an activating group) is 1. The van der Waals surface area contributed by atoms with Gasteiger partial charge in [-0.25, -0.2) is 0 Å². The van der Waals surface area contributed by atoms with Crippen molar-refractivity contribution in [2.75, 3.05) is 33.1 Å². The highest BCUT2D eigenvalue weighted by molar-refractivity contribution is 6.35. The zero-order valence-corrected chi connectivity index (χ0v) is 15.8. The van der Waals surface area contributed by atoms with Gasteiger partial charge in [0.25, 0.3) is 0 Å². The third kappa shape index (κ3) is 5.53. The standard InChI is InChI=1S/C18H20Cl2N2O3/c1-22(10-12-4-7-16(24-2)17(8-12)25-3)11-18(23)21-15-9-13(19)5-6-14(15)20/h4-9H,10-11H2,1-3H3,(H,21,23). The van der Waals surface area contributed by atoms with Gasteiger partial charge in [-0.15, -0.1) is 0 Å². The fraction of sp³-hybridized carbons (Fsp3) is 0.278. The normalized spacial score (nSPS) is 10.6. The second-order valence-corrected chi connectivity index (χ2v) is 6.38. The van der Waals surface area contributed by atoms with Crippen LogP contribution in [0, 0.1) is 0 Å². The maximum Gasteiger partial charge on any atom is 0.238 e. The van der Waals surface area contributed by atoms with E-state index in [4.69, 9.17) is 32.7 Å². The van der Waals surface area contributed by atoms with Gasteiger partial charge in [0.15, 0.2) is 11.5 Å². The Labute approximate surface area is 157 Å². The van der Waals surface area contributed by atoms with E-state index in [2.05, 4.69) is 5.32 Å². The van der Waals surface area contributed by atoms with Crippen molar-refractivity contribution >= 4 is 34.8 Å². The first-order valence-corrected chi connectivity index (χ1v) is 8.33. The topological polar surface area (TPSA) is 50.8 Å². The van der Waals surface area contributed by atoms with Gasteiger partial charge < -0.3 is 14.8 Å². The zero-order valence-electron chi connectivity index (χ0n) is 14.3. The molecule has 5 nitrogen and oxygen atoms in total. The molecule has 2 aromatic rings. The molecule has 0 aliphatic rings. The van der Waals surface area contributed by atoms with Crippen molar-refractivity contribution in [3.63, 3.8) is 0 Å². The predicted molar refractivity (Wildman–Crippen MR) is 101 cm³/mol. The number of benzene rings is 2. The molecule has 0 radical (unpaired) electrons. The predicted octanol–water partition coefficient (Wildman–Crippen LogP) is 4.08. The van der Waals surface area contributed by atoms with Gasteiger partial charge >= 0.3 is 0 Å². The number of amides is 1. The van der Waals surface area contributed by atoms with Crippen LogP contribution < -0.4 is 14.8 Å².